The van der Waals surface area contributed by atoms with Gasteiger partial charge in [-0.15, -0.1) is 0 Å². The standard InChI is InChI=1S/C7H8N4.C2H6/c1-2-8-6(9-3-1)7-10-4-5-11-7;1-2/h1-2,4-5H,3H2,(H,8,9)(H,10,11);1-2H3. The molecule has 0 aliphatic carbocycles. The van der Waals surface area contributed by atoms with Crippen molar-refractivity contribution in [3.63, 3.8) is 0 Å². The maximum absolute atomic E-state index is 4.20. The van der Waals surface area contributed by atoms with Crippen LogP contribution >= 0.6 is 0 Å². The van der Waals surface area contributed by atoms with Crippen LogP contribution in [0.1, 0.15) is 19.7 Å². The normalized spacial score (nSPS) is 13.8. The molecule has 2 N–H and O–H groups in total. The number of aromatic amines is 1. The molecule has 1 aliphatic rings. The molecule has 0 aromatic carbocycles. The molecule has 1 aromatic heterocycles. The summed E-state index contributed by atoms with van der Waals surface area (Å²) in [5, 5.41) is 3.00. The van der Waals surface area contributed by atoms with Crippen molar-refractivity contribution >= 4 is 5.84 Å². The fourth-order valence-electron chi connectivity index (χ4n) is 0.918. The van der Waals surface area contributed by atoms with E-state index in [0.717, 1.165) is 18.2 Å². The zero-order valence-corrected chi connectivity index (χ0v) is 7.91. The summed E-state index contributed by atoms with van der Waals surface area (Å²) >= 11 is 0. The highest BCUT2D eigenvalue weighted by Gasteiger charge is 2.04. The van der Waals surface area contributed by atoms with E-state index in [1.165, 1.54) is 0 Å². The number of nitrogens with zero attached hydrogens (tertiary/aromatic N) is 2. The predicted molar refractivity (Wildman–Crippen MR) is 53.6 cm³/mol. The fraction of sp³-hybridized carbons (Fsp3) is 0.333. The summed E-state index contributed by atoms with van der Waals surface area (Å²) in [4.78, 5) is 11.2. The van der Waals surface area contributed by atoms with E-state index in [2.05, 4.69) is 20.3 Å². The molecule has 0 radical (unpaired) electrons. The van der Waals surface area contributed by atoms with Gasteiger partial charge in [-0.05, 0) is 6.08 Å². The summed E-state index contributed by atoms with van der Waals surface area (Å²) in [6, 6.07) is 0. The predicted octanol–water partition coefficient (Wildman–Crippen LogP) is 1.30. The molecule has 1 aliphatic heterocycles. The van der Waals surface area contributed by atoms with Gasteiger partial charge >= 0.3 is 0 Å². The van der Waals surface area contributed by atoms with E-state index >= 15 is 0 Å². The fourth-order valence-corrected chi connectivity index (χ4v) is 0.918. The molecule has 1 aromatic rings. The zero-order chi connectivity index (χ0) is 9.52. The molecule has 13 heavy (non-hydrogen) atoms. The Kier molecular flexibility index (Phi) is 3.75. The summed E-state index contributed by atoms with van der Waals surface area (Å²) in [5.41, 5.74) is 0. The largest absolute Gasteiger partial charge is 0.344 e. The molecule has 4 heteroatoms. The first-order valence-electron chi connectivity index (χ1n) is 4.42. The Morgan fingerprint density at radius 3 is 2.77 bits per heavy atom. The monoisotopic (exact) mass is 178 g/mol. The van der Waals surface area contributed by atoms with Crippen LogP contribution in [0.5, 0.6) is 0 Å². The van der Waals surface area contributed by atoms with E-state index in [-0.39, 0.29) is 0 Å². The molecule has 2 heterocycles. The van der Waals surface area contributed by atoms with Crippen molar-refractivity contribution in [2.75, 3.05) is 6.54 Å². The number of amidine groups is 1. The van der Waals surface area contributed by atoms with Gasteiger partial charge in [-0.2, -0.15) is 0 Å². The number of hydrogen-bond donors (Lipinski definition) is 2. The molecule has 70 valence electrons. The van der Waals surface area contributed by atoms with Gasteiger partial charge in [-0.3, -0.25) is 4.99 Å². The third kappa shape index (κ3) is 2.43. The van der Waals surface area contributed by atoms with Crippen molar-refractivity contribution in [1.82, 2.24) is 15.3 Å². The number of aromatic nitrogens is 2. The second-order valence-corrected chi connectivity index (χ2v) is 2.17. The summed E-state index contributed by atoms with van der Waals surface area (Å²) < 4.78 is 0. The lowest BCUT2D eigenvalue weighted by Crippen LogP contribution is -2.23. The van der Waals surface area contributed by atoms with Gasteiger partial charge < -0.3 is 10.3 Å². The van der Waals surface area contributed by atoms with E-state index in [4.69, 9.17) is 0 Å². The van der Waals surface area contributed by atoms with Crippen molar-refractivity contribution < 1.29 is 0 Å². The van der Waals surface area contributed by atoms with Gasteiger partial charge in [0, 0.05) is 18.6 Å². The second kappa shape index (κ2) is 5.13. The van der Waals surface area contributed by atoms with Gasteiger partial charge in [0.15, 0.2) is 11.7 Å². The third-order valence-corrected chi connectivity index (χ3v) is 1.42. The lowest BCUT2D eigenvalue weighted by atomic mass is 10.4. The first kappa shape index (κ1) is 9.51. The molecule has 4 nitrogen and oxygen atoms in total. The van der Waals surface area contributed by atoms with Crippen LogP contribution in [-0.2, 0) is 0 Å². The molecule has 0 bridgehead atoms. The molecule has 0 unspecified atom stereocenters. The van der Waals surface area contributed by atoms with Crippen LogP contribution in [-0.4, -0.2) is 22.3 Å². The molecular formula is C9H14N4. The average Bonchev–Trinajstić information content (AvgIpc) is 2.75. The maximum atomic E-state index is 4.20. The van der Waals surface area contributed by atoms with Crippen molar-refractivity contribution in [3.8, 4) is 0 Å². The topological polar surface area (TPSA) is 53.1 Å². The smallest absolute Gasteiger partial charge is 0.173 e. The number of nitrogens with one attached hydrogen (secondary N) is 2. The van der Waals surface area contributed by atoms with Gasteiger partial charge in [0.1, 0.15) is 0 Å². The van der Waals surface area contributed by atoms with Crippen LogP contribution < -0.4 is 5.32 Å². The van der Waals surface area contributed by atoms with Crippen molar-refractivity contribution in [3.05, 3.63) is 30.5 Å². The van der Waals surface area contributed by atoms with Gasteiger partial charge in [-0.1, -0.05) is 13.8 Å². The zero-order valence-electron chi connectivity index (χ0n) is 7.91. The molecule has 0 atom stereocenters. The van der Waals surface area contributed by atoms with Gasteiger partial charge in [0.05, 0.1) is 6.54 Å². The molecular weight excluding hydrogens is 164 g/mol. The molecule has 0 amide bonds. The Morgan fingerprint density at radius 1 is 1.38 bits per heavy atom. The highest BCUT2D eigenvalue weighted by atomic mass is 15.1. The van der Waals surface area contributed by atoms with E-state index < -0.39 is 0 Å². The van der Waals surface area contributed by atoms with Crippen LogP contribution in [0.3, 0.4) is 0 Å². The average molecular weight is 178 g/mol. The Balaban J connectivity index is 0.000000396. The van der Waals surface area contributed by atoms with Crippen molar-refractivity contribution in [2.45, 2.75) is 13.8 Å². The minimum Gasteiger partial charge on any atom is -0.344 e. The lowest BCUT2D eigenvalue weighted by molar-refractivity contribution is 1.07. The Hall–Kier alpha value is -1.58. The summed E-state index contributed by atoms with van der Waals surface area (Å²) in [5.74, 6) is 1.59. The molecule has 0 fully saturated rings. The van der Waals surface area contributed by atoms with Gasteiger partial charge in [0.25, 0.3) is 0 Å². The summed E-state index contributed by atoms with van der Waals surface area (Å²) in [7, 11) is 0. The lowest BCUT2D eigenvalue weighted by Gasteiger charge is -2.05. The van der Waals surface area contributed by atoms with Gasteiger partial charge in [0.2, 0.25) is 0 Å². The number of imidazole rings is 1. The number of rotatable bonds is 1. The van der Waals surface area contributed by atoms with E-state index in [9.17, 15) is 0 Å². The Labute approximate surface area is 77.8 Å². The second-order valence-electron chi connectivity index (χ2n) is 2.17. The highest BCUT2D eigenvalue weighted by molar-refractivity contribution is 5.96. The molecule has 0 saturated carbocycles. The summed E-state index contributed by atoms with van der Waals surface area (Å²) in [6.45, 7) is 4.73. The van der Waals surface area contributed by atoms with Crippen molar-refractivity contribution in [2.24, 2.45) is 4.99 Å². The third-order valence-electron chi connectivity index (χ3n) is 1.42. The van der Waals surface area contributed by atoms with Crippen molar-refractivity contribution in [1.29, 1.82) is 0 Å². The Morgan fingerprint density at radius 2 is 2.23 bits per heavy atom. The summed E-state index contributed by atoms with van der Waals surface area (Å²) in [6.07, 6.45) is 7.30. The first-order chi connectivity index (χ1) is 6.47. The first-order valence-corrected chi connectivity index (χ1v) is 4.42. The molecule has 0 spiro atoms. The number of H-pyrrole nitrogens is 1. The van der Waals surface area contributed by atoms with Crippen LogP contribution in [0.4, 0.5) is 0 Å². The van der Waals surface area contributed by atoms with E-state index in [1.54, 1.807) is 12.4 Å². The van der Waals surface area contributed by atoms with Crippen LogP contribution in [0.25, 0.3) is 0 Å². The minimum atomic E-state index is 0.725. The Bertz CT molecular complexity index is 285. The minimum absolute atomic E-state index is 0.725. The highest BCUT2D eigenvalue weighted by Crippen LogP contribution is 1.94. The molecule has 0 saturated heterocycles. The number of aliphatic imine (C=N–C) groups is 1. The maximum Gasteiger partial charge on any atom is 0.173 e. The van der Waals surface area contributed by atoms with Crippen LogP contribution in [0.2, 0.25) is 0 Å². The van der Waals surface area contributed by atoms with Crippen LogP contribution in [0.15, 0.2) is 29.7 Å². The van der Waals surface area contributed by atoms with E-state index in [1.807, 2.05) is 26.1 Å². The van der Waals surface area contributed by atoms with E-state index in [0.29, 0.717) is 0 Å². The SMILES string of the molecule is C1=CNC(c2ncc[nH]2)=NC1.CC. The quantitative estimate of drug-likeness (QED) is 0.681. The van der Waals surface area contributed by atoms with Crippen LogP contribution in [0, 0.1) is 0 Å². The molecule has 2 rings (SSSR count). The number of hydrogen-bond acceptors (Lipinski definition) is 3. The van der Waals surface area contributed by atoms with Gasteiger partial charge in [-0.25, -0.2) is 4.98 Å².